The minimum absolute atomic E-state index is 0.465. The maximum atomic E-state index is 10.0. The molecule has 2 rings (SSSR count). The summed E-state index contributed by atoms with van der Waals surface area (Å²) in [4.78, 5) is 0. The van der Waals surface area contributed by atoms with Crippen molar-refractivity contribution in [3.8, 4) is 0 Å². The van der Waals surface area contributed by atoms with Gasteiger partial charge in [0.05, 0.1) is 6.10 Å². The van der Waals surface area contributed by atoms with Gasteiger partial charge in [0.15, 0.2) is 0 Å². The number of aliphatic hydroxyl groups is 1. The number of benzene rings is 2. The van der Waals surface area contributed by atoms with E-state index in [-0.39, 0.29) is 0 Å². The van der Waals surface area contributed by atoms with Crippen LogP contribution in [0, 0.1) is 6.92 Å². The van der Waals surface area contributed by atoms with E-state index in [2.05, 4.69) is 5.32 Å². The van der Waals surface area contributed by atoms with Crippen LogP contribution in [0.5, 0.6) is 0 Å². The van der Waals surface area contributed by atoms with Crippen molar-refractivity contribution in [1.29, 1.82) is 0 Å². The van der Waals surface area contributed by atoms with Gasteiger partial charge in [-0.1, -0.05) is 29.8 Å². The SMILES string of the molecule is Cc1ccc(NCC(O)c2cccc(N)c2)cc1. The second-order valence-electron chi connectivity index (χ2n) is 4.43. The van der Waals surface area contributed by atoms with E-state index in [1.165, 1.54) is 5.56 Å². The van der Waals surface area contributed by atoms with Crippen molar-refractivity contribution >= 4 is 11.4 Å². The lowest BCUT2D eigenvalue weighted by Gasteiger charge is -2.13. The zero-order chi connectivity index (χ0) is 13.0. The van der Waals surface area contributed by atoms with Crippen LogP contribution in [0.15, 0.2) is 48.5 Å². The Morgan fingerprint density at radius 3 is 2.56 bits per heavy atom. The van der Waals surface area contributed by atoms with Crippen LogP contribution in [0.1, 0.15) is 17.2 Å². The molecule has 3 nitrogen and oxygen atoms in total. The first-order valence-electron chi connectivity index (χ1n) is 5.99. The van der Waals surface area contributed by atoms with Gasteiger partial charge in [-0.3, -0.25) is 0 Å². The molecule has 4 N–H and O–H groups in total. The summed E-state index contributed by atoms with van der Waals surface area (Å²) in [6.45, 7) is 2.51. The van der Waals surface area contributed by atoms with E-state index in [1.54, 1.807) is 6.07 Å². The lowest BCUT2D eigenvalue weighted by Crippen LogP contribution is -2.12. The predicted octanol–water partition coefficient (Wildman–Crippen LogP) is 2.72. The molecule has 1 unspecified atom stereocenters. The van der Waals surface area contributed by atoms with Crippen molar-refractivity contribution in [3.63, 3.8) is 0 Å². The number of anilines is 2. The van der Waals surface area contributed by atoms with Gasteiger partial charge >= 0.3 is 0 Å². The van der Waals surface area contributed by atoms with Crippen molar-refractivity contribution in [2.75, 3.05) is 17.6 Å². The molecule has 2 aromatic rings. The van der Waals surface area contributed by atoms with Crippen molar-refractivity contribution in [2.45, 2.75) is 13.0 Å². The maximum Gasteiger partial charge on any atom is 0.0963 e. The van der Waals surface area contributed by atoms with E-state index in [1.807, 2.05) is 49.4 Å². The summed E-state index contributed by atoms with van der Waals surface area (Å²) in [6, 6.07) is 15.4. The normalized spacial score (nSPS) is 12.1. The molecular formula is C15H18N2O. The minimum Gasteiger partial charge on any atom is -0.399 e. The molecule has 0 radical (unpaired) electrons. The second-order valence-corrected chi connectivity index (χ2v) is 4.43. The molecule has 0 saturated heterocycles. The Morgan fingerprint density at radius 1 is 1.17 bits per heavy atom. The zero-order valence-electron chi connectivity index (χ0n) is 10.4. The van der Waals surface area contributed by atoms with Crippen LogP contribution < -0.4 is 11.1 Å². The molecule has 0 spiro atoms. The molecule has 0 aliphatic rings. The first kappa shape index (κ1) is 12.5. The molecule has 1 atom stereocenters. The topological polar surface area (TPSA) is 58.3 Å². The molecule has 94 valence electrons. The maximum absolute atomic E-state index is 10.0. The number of aryl methyl sites for hydroxylation is 1. The highest BCUT2D eigenvalue weighted by Gasteiger charge is 2.07. The third-order valence-electron chi connectivity index (χ3n) is 2.85. The summed E-state index contributed by atoms with van der Waals surface area (Å²) in [7, 11) is 0. The number of rotatable bonds is 4. The fourth-order valence-corrected chi connectivity index (χ4v) is 1.77. The van der Waals surface area contributed by atoms with Crippen LogP contribution in [-0.4, -0.2) is 11.7 Å². The van der Waals surface area contributed by atoms with Gasteiger partial charge in [0, 0.05) is 17.9 Å². The van der Waals surface area contributed by atoms with Gasteiger partial charge in [-0.2, -0.15) is 0 Å². The average Bonchev–Trinajstić information content (AvgIpc) is 2.38. The average molecular weight is 242 g/mol. The largest absolute Gasteiger partial charge is 0.399 e. The third kappa shape index (κ3) is 3.25. The molecule has 0 aromatic heterocycles. The number of hydrogen-bond acceptors (Lipinski definition) is 3. The van der Waals surface area contributed by atoms with Crippen molar-refractivity contribution < 1.29 is 5.11 Å². The van der Waals surface area contributed by atoms with E-state index in [0.717, 1.165) is 11.3 Å². The lowest BCUT2D eigenvalue weighted by molar-refractivity contribution is 0.191. The molecule has 0 amide bonds. The summed E-state index contributed by atoms with van der Waals surface area (Å²) in [5.41, 5.74) is 9.41. The Kier molecular flexibility index (Phi) is 3.85. The molecule has 3 heteroatoms. The first-order valence-corrected chi connectivity index (χ1v) is 5.99. The van der Waals surface area contributed by atoms with Crippen LogP contribution in [-0.2, 0) is 0 Å². The summed E-state index contributed by atoms with van der Waals surface area (Å²) < 4.78 is 0. The Balaban J connectivity index is 1.96. The number of nitrogen functional groups attached to an aromatic ring is 1. The summed E-state index contributed by atoms with van der Waals surface area (Å²) in [5, 5.41) is 13.2. The Bertz CT molecular complexity index is 508. The number of hydrogen-bond donors (Lipinski definition) is 3. The lowest BCUT2D eigenvalue weighted by atomic mass is 10.1. The number of nitrogens with one attached hydrogen (secondary N) is 1. The quantitative estimate of drug-likeness (QED) is 0.722. The fourth-order valence-electron chi connectivity index (χ4n) is 1.77. The highest BCUT2D eigenvalue weighted by Crippen LogP contribution is 2.17. The Morgan fingerprint density at radius 2 is 1.89 bits per heavy atom. The van der Waals surface area contributed by atoms with Gasteiger partial charge in [0.1, 0.15) is 0 Å². The van der Waals surface area contributed by atoms with E-state index < -0.39 is 6.10 Å². The predicted molar refractivity (Wildman–Crippen MR) is 75.5 cm³/mol. The summed E-state index contributed by atoms with van der Waals surface area (Å²) >= 11 is 0. The minimum atomic E-state index is -0.560. The fraction of sp³-hybridized carbons (Fsp3) is 0.200. The Hall–Kier alpha value is -2.00. The monoisotopic (exact) mass is 242 g/mol. The highest BCUT2D eigenvalue weighted by molar-refractivity contribution is 5.45. The van der Waals surface area contributed by atoms with Crippen LogP contribution in [0.25, 0.3) is 0 Å². The van der Waals surface area contributed by atoms with Gasteiger partial charge in [0.25, 0.3) is 0 Å². The van der Waals surface area contributed by atoms with Gasteiger partial charge in [-0.25, -0.2) is 0 Å². The van der Waals surface area contributed by atoms with Crippen LogP contribution >= 0.6 is 0 Å². The molecule has 0 aliphatic heterocycles. The Labute approximate surface area is 107 Å². The number of nitrogens with two attached hydrogens (primary N) is 1. The third-order valence-corrected chi connectivity index (χ3v) is 2.85. The van der Waals surface area contributed by atoms with Crippen molar-refractivity contribution in [3.05, 3.63) is 59.7 Å². The molecule has 2 aromatic carbocycles. The number of aliphatic hydroxyl groups excluding tert-OH is 1. The summed E-state index contributed by atoms with van der Waals surface area (Å²) in [5.74, 6) is 0. The molecule has 0 fully saturated rings. The van der Waals surface area contributed by atoms with Crippen LogP contribution in [0.2, 0.25) is 0 Å². The molecule has 0 bridgehead atoms. The summed E-state index contributed by atoms with van der Waals surface area (Å²) in [6.07, 6.45) is -0.560. The van der Waals surface area contributed by atoms with E-state index in [9.17, 15) is 5.11 Å². The standard InChI is InChI=1S/C15H18N2O/c1-11-5-7-14(8-6-11)17-10-15(18)12-3-2-4-13(16)9-12/h2-9,15,17-18H,10,16H2,1H3. The van der Waals surface area contributed by atoms with Crippen LogP contribution in [0.3, 0.4) is 0 Å². The van der Waals surface area contributed by atoms with Crippen molar-refractivity contribution in [1.82, 2.24) is 0 Å². The molecule has 0 saturated carbocycles. The van der Waals surface area contributed by atoms with Gasteiger partial charge < -0.3 is 16.2 Å². The highest BCUT2D eigenvalue weighted by atomic mass is 16.3. The van der Waals surface area contributed by atoms with Crippen LogP contribution in [0.4, 0.5) is 11.4 Å². The van der Waals surface area contributed by atoms with Gasteiger partial charge in [0.2, 0.25) is 0 Å². The zero-order valence-corrected chi connectivity index (χ0v) is 10.4. The smallest absolute Gasteiger partial charge is 0.0963 e. The molecular weight excluding hydrogens is 224 g/mol. The van der Waals surface area contributed by atoms with Crippen molar-refractivity contribution in [2.24, 2.45) is 0 Å². The second kappa shape index (κ2) is 5.56. The molecule has 0 aliphatic carbocycles. The van der Waals surface area contributed by atoms with E-state index >= 15 is 0 Å². The van der Waals surface area contributed by atoms with E-state index in [0.29, 0.717) is 12.2 Å². The molecule has 0 heterocycles. The first-order chi connectivity index (χ1) is 8.65. The van der Waals surface area contributed by atoms with Gasteiger partial charge in [-0.15, -0.1) is 0 Å². The van der Waals surface area contributed by atoms with Gasteiger partial charge in [-0.05, 0) is 36.8 Å². The molecule has 18 heavy (non-hydrogen) atoms. The van der Waals surface area contributed by atoms with E-state index in [4.69, 9.17) is 5.73 Å².